The zero-order chi connectivity index (χ0) is 13.2. The fourth-order valence-electron chi connectivity index (χ4n) is 2.48. The van der Waals surface area contributed by atoms with E-state index in [9.17, 15) is 4.79 Å². The molecular weight excluding hydrogens is 349 g/mol. The monoisotopic (exact) mass is 363 g/mol. The highest BCUT2D eigenvalue weighted by Crippen LogP contribution is 2.25. The molecule has 19 heavy (non-hydrogen) atoms. The van der Waals surface area contributed by atoms with Crippen molar-refractivity contribution >= 4 is 34.2 Å². The number of hydrogen-bond donors (Lipinski definition) is 1. The molecule has 0 fully saturated rings. The van der Waals surface area contributed by atoms with Crippen LogP contribution in [0.15, 0.2) is 42.5 Å². The van der Waals surface area contributed by atoms with E-state index in [-0.39, 0.29) is 5.91 Å². The number of fused-ring (bicyclic) bond motifs is 1. The molecule has 0 aromatic heterocycles. The van der Waals surface area contributed by atoms with Crippen molar-refractivity contribution in [1.82, 2.24) is 0 Å². The molecule has 0 saturated carbocycles. The van der Waals surface area contributed by atoms with Crippen LogP contribution < -0.4 is 5.32 Å². The second-order valence-corrected chi connectivity index (χ2v) is 6.05. The second-order valence-electron chi connectivity index (χ2n) is 4.80. The van der Waals surface area contributed by atoms with Crippen LogP contribution in [-0.4, -0.2) is 5.91 Å². The predicted octanol–water partition coefficient (Wildman–Crippen LogP) is 4.03. The summed E-state index contributed by atoms with van der Waals surface area (Å²) in [4.78, 5) is 12.2. The van der Waals surface area contributed by atoms with Gasteiger partial charge in [-0.3, -0.25) is 4.79 Å². The Labute approximate surface area is 126 Å². The Hall–Kier alpha value is -1.36. The number of benzene rings is 2. The van der Waals surface area contributed by atoms with E-state index >= 15 is 0 Å². The number of hydrogen-bond acceptors (Lipinski definition) is 1. The summed E-state index contributed by atoms with van der Waals surface area (Å²) in [6.45, 7) is 0. The lowest BCUT2D eigenvalue weighted by Crippen LogP contribution is -2.12. The number of halogens is 1. The number of aryl methyl sites for hydroxylation is 2. The first-order valence-corrected chi connectivity index (χ1v) is 7.49. The first kappa shape index (κ1) is 12.7. The smallest absolute Gasteiger partial charge is 0.255 e. The van der Waals surface area contributed by atoms with Gasteiger partial charge in [-0.25, -0.2) is 0 Å². The molecule has 0 radical (unpaired) electrons. The number of anilines is 1. The van der Waals surface area contributed by atoms with E-state index in [0.29, 0.717) is 5.56 Å². The molecule has 0 saturated heterocycles. The Morgan fingerprint density at radius 1 is 1.05 bits per heavy atom. The molecule has 1 aliphatic carbocycles. The van der Waals surface area contributed by atoms with Gasteiger partial charge < -0.3 is 5.32 Å². The average Bonchev–Trinajstić information content (AvgIpc) is 2.86. The minimum atomic E-state index is -0.0449. The van der Waals surface area contributed by atoms with Gasteiger partial charge in [0.25, 0.3) is 5.91 Å². The van der Waals surface area contributed by atoms with Crippen molar-refractivity contribution < 1.29 is 4.79 Å². The lowest BCUT2D eigenvalue weighted by atomic mass is 10.1. The van der Waals surface area contributed by atoms with Gasteiger partial charge in [0.15, 0.2) is 0 Å². The lowest BCUT2D eigenvalue weighted by Gasteiger charge is -2.07. The summed E-state index contributed by atoms with van der Waals surface area (Å²) in [7, 11) is 0. The molecule has 0 heterocycles. The van der Waals surface area contributed by atoms with E-state index in [4.69, 9.17) is 0 Å². The molecule has 1 aliphatic rings. The van der Waals surface area contributed by atoms with Crippen LogP contribution in [-0.2, 0) is 12.8 Å². The van der Waals surface area contributed by atoms with Crippen molar-refractivity contribution in [3.05, 3.63) is 62.7 Å². The van der Waals surface area contributed by atoms with Crippen LogP contribution in [0.2, 0.25) is 0 Å². The third-order valence-electron chi connectivity index (χ3n) is 3.44. The maximum absolute atomic E-state index is 12.2. The van der Waals surface area contributed by atoms with Gasteiger partial charge in [-0.05, 0) is 83.3 Å². The van der Waals surface area contributed by atoms with Crippen LogP contribution in [0.4, 0.5) is 5.69 Å². The molecule has 1 amide bonds. The topological polar surface area (TPSA) is 29.1 Å². The maximum Gasteiger partial charge on any atom is 0.255 e. The summed E-state index contributed by atoms with van der Waals surface area (Å²) in [5.74, 6) is -0.0449. The van der Waals surface area contributed by atoms with E-state index < -0.39 is 0 Å². The Balaban J connectivity index is 1.80. The highest BCUT2D eigenvalue weighted by molar-refractivity contribution is 14.1. The lowest BCUT2D eigenvalue weighted by molar-refractivity contribution is 0.102. The van der Waals surface area contributed by atoms with Gasteiger partial charge in [0, 0.05) is 14.8 Å². The Bertz CT molecular complexity index is 636. The molecule has 3 rings (SSSR count). The van der Waals surface area contributed by atoms with E-state index in [2.05, 4.69) is 40.0 Å². The van der Waals surface area contributed by atoms with Gasteiger partial charge in [-0.2, -0.15) is 0 Å². The summed E-state index contributed by atoms with van der Waals surface area (Å²) < 4.78 is 1.07. The standard InChI is InChI=1S/C16H14INO/c17-14-6-2-5-13(9-14)16(19)18-15-8-7-11-3-1-4-12(11)10-15/h2,5-10H,1,3-4H2,(H,18,19). The van der Waals surface area contributed by atoms with Crippen LogP contribution in [0.25, 0.3) is 0 Å². The van der Waals surface area contributed by atoms with Crippen molar-refractivity contribution in [1.29, 1.82) is 0 Å². The molecule has 96 valence electrons. The van der Waals surface area contributed by atoms with Gasteiger partial charge in [0.2, 0.25) is 0 Å². The third kappa shape index (κ3) is 2.81. The number of carbonyl (C=O) groups is 1. The first-order valence-electron chi connectivity index (χ1n) is 6.41. The van der Waals surface area contributed by atoms with Crippen molar-refractivity contribution in [2.75, 3.05) is 5.32 Å². The van der Waals surface area contributed by atoms with Crippen LogP contribution >= 0.6 is 22.6 Å². The van der Waals surface area contributed by atoms with Crippen molar-refractivity contribution in [2.24, 2.45) is 0 Å². The summed E-state index contributed by atoms with van der Waals surface area (Å²) >= 11 is 2.21. The maximum atomic E-state index is 12.2. The summed E-state index contributed by atoms with van der Waals surface area (Å²) in [6, 6.07) is 13.8. The fraction of sp³-hybridized carbons (Fsp3) is 0.188. The summed E-state index contributed by atoms with van der Waals surface area (Å²) in [5.41, 5.74) is 4.39. The molecule has 2 aromatic rings. The molecule has 2 nitrogen and oxygen atoms in total. The molecule has 1 N–H and O–H groups in total. The Morgan fingerprint density at radius 2 is 1.89 bits per heavy atom. The SMILES string of the molecule is O=C(Nc1ccc2c(c1)CCC2)c1cccc(I)c1. The predicted molar refractivity (Wildman–Crippen MR) is 85.6 cm³/mol. The number of carbonyl (C=O) groups excluding carboxylic acids is 1. The van der Waals surface area contributed by atoms with Gasteiger partial charge in [-0.1, -0.05) is 12.1 Å². The number of nitrogens with one attached hydrogen (secondary N) is 1. The zero-order valence-corrected chi connectivity index (χ0v) is 12.6. The van der Waals surface area contributed by atoms with Crippen molar-refractivity contribution in [3.63, 3.8) is 0 Å². The van der Waals surface area contributed by atoms with Crippen LogP contribution in [0.3, 0.4) is 0 Å². The van der Waals surface area contributed by atoms with Gasteiger partial charge in [0.05, 0.1) is 0 Å². The molecule has 2 aromatic carbocycles. The van der Waals surface area contributed by atoms with Gasteiger partial charge in [-0.15, -0.1) is 0 Å². The minimum Gasteiger partial charge on any atom is -0.322 e. The highest BCUT2D eigenvalue weighted by Gasteiger charge is 2.12. The van der Waals surface area contributed by atoms with Gasteiger partial charge >= 0.3 is 0 Å². The number of rotatable bonds is 2. The van der Waals surface area contributed by atoms with E-state index in [1.807, 2.05) is 30.3 Å². The molecule has 3 heteroatoms. The normalized spacial score (nSPS) is 13.1. The first-order chi connectivity index (χ1) is 9.22. The third-order valence-corrected chi connectivity index (χ3v) is 4.11. The quantitative estimate of drug-likeness (QED) is 0.802. The number of amides is 1. The minimum absolute atomic E-state index is 0.0449. The van der Waals surface area contributed by atoms with Crippen molar-refractivity contribution in [3.8, 4) is 0 Å². The molecular formula is C16H14INO. The van der Waals surface area contributed by atoms with Crippen LogP contribution in [0.1, 0.15) is 27.9 Å². The van der Waals surface area contributed by atoms with Crippen molar-refractivity contribution in [2.45, 2.75) is 19.3 Å². The van der Waals surface area contributed by atoms with Crippen LogP contribution in [0, 0.1) is 3.57 Å². The second kappa shape index (κ2) is 5.33. The molecule has 0 aliphatic heterocycles. The summed E-state index contributed by atoms with van der Waals surface area (Å²) in [5, 5.41) is 2.97. The molecule has 0 spiro atoms. The van der Waals surface area contributed by atoms with E-state index in [1.54, 1.807) is 0 Å². The largest absolute Gasteiger partial charge is 0.322 e. The zero-order valence-electron chi connectivity index (χ0n) is 10.4. The van der Waals surface area contributed by atoms with Gasteiger partial charge in [0.1, 0.15) is 0 Å². The Kier molecular flexibility index (Phi) is 3.55. The fourth-order valence-corrected chi connectivity index (χ4v) is 3.03. The average molecular weight is 363 g/mol. The Morgan fingerprint density at radius 3 is 2.74 bits per heavy atom. The van der Waals surface area contributed by atoms with E-state index in [1.165, 1.54) is 24.0 Å². The molecule has 0 bridgehead atoms. The van der Waals surface area contributed by atoms with E-state index in [0.717, 1.165) is 15.7 Å². The molecule has 0 atom stereocenters. The van der Waals surface area contributed by atoms with Crippen LogP contribution in [0.5, 0.6) is 0 Å². The molecule has 0 unspecified atom stereocenters. The summed E-state index contributed by atoms with van der Waals surface area (Å²) in [6.07, 6.45) is 3.52. The highest BCUT2D eigenvalue weighted by atomic mass is 127.